The van der Waals surface area contributed by atoms with E-state index in [2.05, 4.69) is 10.3 Å². The predicted molar refractivity (Wildman–Crippen MR) is 83.6 cm³/mol. The molecule has 6 heteroatoms. The first-order chi connectivity index (χ1) is 11.0. The average molecular weight is 318 g/mol. The van der Waals surface area contributed by atoms with Crippen molar-refractivity contribution in [2.24, 2.45) is 0 Å². The van der Waals surface area contributed by atoms with Crippen molar-refractivity contribution in [3.05, 3.63) is 29.1 Å². The molecule has 124 valence electrons. The number of carbonyl (C=O) groups is 2. The molecular formula is C17H22N2O4. The first-order valence-corrected chi connectivity index (χ1v) is 8.15. The molecule has 1 aromatic rings. The van der Waals surface area contributed by atoms with Crippen molar-refractivity contribution in [3.63, 3.8) is 0 Å². The Morgan fingerprint density at radius 1 is 1.35 bits per heavy atom. The standard InChI is InChI=1S/C17H22N2O4/c1-11-13(16(21)22)4-5-14(18-11)15(20)19-12-6-9-23-17(10-12)7-2-3-8-17/h4-5,12H,2-3,6-10H2,1H3,(H,19,20)(H,21,22). The van der Waals surface area contributed by atoms with Gasteiger partial charge in [0, 0.05) is 12.6 Å². The molecule has 3 rings (SSSR count). The summed E-state index contributed by atoms with van der Waals surface area (Å²) in [7, 11) is 0. The second-order valence-corrected chi connectivity index (χ2v) is 6.54. The number of amides is 1. The monoisotopic (exact) mass is 318 g/mol. The minimum atomic E-state index is -1.03. The van der Waals surface area contributed by atoms with Gasteiger partial charge in [-0.05, 0) is 44.7 Å². The van der Waals surface area contributed by atoms with Gasteiger partial charge in [0.15, 0.2) is 0 Å². The first-order valence-electron chi connectivity index (χ1n) is 8.15. The Morgan fingerprint density at radius 2 is 2.09 bits per heavy atom. The van der Waals surface area contributed by atoms with Gasteiger partial charge < -0.3 is 15.2 Å². The molecule has 0 radical (unpaired) electrons. The minimum absolute atomic E-state index is 0.0489. The molecule has 1 saturated heterocycles. The molecule has 1 amide bonds. The number of aromatic carboxylic acids is 1. The third-order valence-corrected chi connectivity index (χ3v) is 4.89. The van der Waals surface area contributed by atoms with Crippen molar-refractivity contribution >= 4 is 11.9 Å². The van der Waals surface area contributed by atoms with Crippen LogP contribution in [0.15, 0.2) is 12.1 Å². The van der Waals surface area contributed by atoms with Gasteiger partial charge in [0.05, 0.1) is 16.9 Å². The van der Waals surface area contributed by atoms with Gasteiger partial charge in [0.2, 0.25) is 0 Å². The molecule has 2 aliphatic rings. The van der Waals surface area contributed by atoms with Crippen LogP contribution in [-0.4, -0.2) is 40.2 Å². The molecule has 6 nitrogen and oxygen atoms in total. The third kappa shape index (κ3) is 3.37. The quantitative estimate of drug-likeness (QED) is 0.893. The van der Waals surface area contributed by atoms with Crippen LogP contribution in [0.25, 0.3) is 0 Å². The van der Waals surface area contributed by atoms with Gasteiger partial charge in [-0.15, -0.1) is 0 Å². The molecule has 1 aromatic heterocycles. The van der Waals surface area contributed by atoms with Crippen molar-refractivity contribution in [2.45, 2.75) is 57.1 Å². The molecule has 0 bridgehead atoms. The van der Waals surface area contributed by atoms with Gasteiger partial charge in [0.25, 0.3) is 5.91 Å². The number of nitrogens with zero attached hydrogens (tertiary/aromatic N) is 1. The van der Waals surface area contributed by atoms with Gasteiger partial charge in [-0.25, -0.2) is 9.78 Å². The van der Waals surface area contributed by atoms with Gasteiger partial charge in [0.1, 0.15) is 5.69 Å². The van der Waals surface area contributed by atoms with Crippen LogP contribution in [0.1, 0.15) is 65.1 Å². The number of hydrogen-bond donors (Lipinski definition) is 2. The lowest BCUT2D eigenvalue weighted by Gasteiger charge is -2.38. The summed E-state index contributed by atoms with van der Waals surface area (Å²) in [6.07, 6.45) is 6.19. The zero-order valence-corrected chi connectivity index (χ0v) is 13.3. The van der Waals surface area contributed by atoms with E-state index in [-0.39, 0.29) is 28.8 Å². The second kappa shape index (κ2) is 6.28. The summed E-state index contributed by atoms with van der Waals surface area (Å²) in [4.78, 5) is 27.5. The van der Waals surface area contributed by atoms with E-state index in [1.807, 2.05) is 0 Å². The van der Waals surface area contributed by atoms with E-state index in [9.17, 15) is 9.59 Å². The highest BCUT2D eigenvalue weighted by atomic mass is 16.5. The van der Waals surface area contributed by atoms with Crippen molar-refractivity contribution in [1.29, 1.82) is 0 Å². The highest BCUT2D eigenvalue weighted by Gasteiger charge is 2.40. The largest absolute Gasteiger partial charge is 0.478 e. The lowest BCUT2D eigenvalue weighted by Crippen LogP contribution is -2.47. The maximum atomic E-state index is 12.4. The molecule has 2 fully saturated rings. The number of rotatable bonds is 3. The van der Waals surface area contributed by atoms with Gasteiger partial charge in [-0.3, -0.25) is 4.79 Å². The van der Waals surface area contributed by atoms with Gasteiger partial charge in [-0.2, -0.15) is 0 Å². The molecule has 1 atom stereocenters. The minimum Gasteiger partial charge on any atom is -0.478 e. The molecule has 2 N–H and O–H groups in total. The highest BCUT2D eigenvalue weighted by molar-refractivity contribution is 5.94. The Bertz CT molecular complexity index is 623. The van der Waals surface area contributed by atoms with E-state index < -0.39 is 5.97 Å². The first kappa shape index (κ1) is 15.9. The highest BCUT2D eigenvalue weighted by Crippen LogP contribution is 2.39. The fourth-order valence-electron chi connectivity index (χ4n) is 3.69. The SMILES string of the molecule is Cc1nc(C(=O)NC2CCOC3(CCCC3)C2)ccc1C(=O)O. The number of aromatic nitrogens is 1. The molecule has 1 unspecified atom stereocenters. The van der Waals surface area contributed by atoms with Crippen molar-refractivity contribution in [1.82, 2.24) is 10.3 Å². The average Bonchev–Trinajstić information content (AvgIpc) is 2.94. The van der Waals surface area contributed by atoms with E-state index in [1.54, 1.807) is 6.92 Å². The van der Waals surface area contributed by atoms with Crippen LogP contribution in [-0.2, 0) is 4.74 Å². The van der Waals surface area contributed by atoms with E-state index in [0.717, 1.165) is 25.7 Å². The number of ether oxygens (including phenoxy) is 1. The molecule has 1 spiro atoms. The van der Waals surface area contributed by atoms with E-state index in [4.69, 9.17) is 9.84 Å². The summed E-state index contributed by atoms with van der Waals surface area (Å²) in [6.45, 7) is 2.28. The maximum Gasteiger partial charge on any atom is 0.337 e. The number of nitrogens with one attached hydrogen (secondary N) is 1. The van der Waals surface area contributed by atoms with Crippen LogP contribution in [0.5, 0.6) is 0 Å². The van der Waals surface area contributed by atoms with Crippen LogP contribution < -0.4 is 5.32 Å². The number of carbonyl (C=O) groups excluding carboxylic acids is 1. The maximum absolute atomic E-state index is 12.4. The normalized spacial score (nSPS) is 22.9. The molecule has 1 saturated carbocycles. The molecule has 23 heavy (non-hydrogen) atoms. The van der Waals surface area contributed by atoms with E-state index in [0.29, 0.717) is 12.3 Å². The molecule has 1 aliphatic carbocycles. The molecule has 2 heterocycles. The number of hydrogen-bond acceptors (Lipinski definition) is 4. The number of carboxylic acid groups (broad SMARTS) is 1. The number of aryl methyl sites for hydroxylation is 1. The molecular weight excluding hydrogens is 296 g/mol. The summed E-state index contributed by atoms with van der Waals surface area (Å²) < 4.78 is 5.97. The van der Waals surface area contributed by atoms with Crippen molar-refractivity contribution in [3.8, 4) is 0 Å². The van der Waals surface area contributed by atoms with Crippen LogP contribution >= 0.6 is 0 Å². The number of carboxylic acids is 1. The predicted octanol–water partition coefficient (Wildman–Crippen LogP) is 2.31. The van der Waals surface area contributed by atoms with E-state index >= 15 is 0 Å². The lowest BCUT2D eigenvalue weighted by molar-refractivity contribution is -0.0823. The Morgan fingerprint density at radius 3 is 2.74 bits per heavy atom. The Labute approximate surface area is 135 Å². The van der Waals surface area contributed by atoms with Gasteiger partial charge >= 0.3 is 5.97 Å². The topological polar surface area (TPSA) is 88.5 Å². The summed E-state index contributed by atoms with van der Waals surface area (Å²) >= 11 is 0. The zero-order chi connectivity index (χ0) is 16.4. The summed E-state index contributed by atoms with van der Waals surface area (Å²) in [5.74, 6) is -1.28. The Kier molecular flexibility index (Phi) is 4.35. The van der Waals surface area contributed by atoms with E-state index in [1.165, 1.54) is 25.0 Å². The molecule has 0 aromatic carbocycles. The summed E-state index contributed by atoms with van der Waals surface area (Å²) in [5.41, 5.74) is 0.688. The van der Waals surface area contributed by atoms with Crippen molar-refractivity contribution in [2.75, 3.05) is 6.61 Å². The second-order valence-electron chi connectivity index (χ2n) is 6.54. The Hall–Kier alpha value is -1.95. The molecule has 1 aliphatic heterocycles. The third-order valence-electron chi connectivity index (χ3n) is 4.89. The lowest BCUT2D eigenvalue weighted by atomic mass is 9.89. The zero-order valence-electron chi connectivity index (χ0n) is 13.3. The van der Waals surface area contributed by atoms with Gasteiger partial charge in [-0.1, -0.05) is 12.8 Å². The fourth-order valence-corrected chi connectivity index (χ4v) is 3.69. The van der Waals surface area contributed by atoms with Crippen LogP contribution in [0.4, 0.5) is 0 Å². The van der Waals surface area contributed by atoms with Crippen LogP contribution in [0, 0.1) is 6.92 Å². The summed E-state index contributed by atoms with van der Waals surface area (Å²) in [5, 5.41) is 12.1. The van der Waals surface area contributed by atoms with Crippen molar-refractivity contribution < 1.29 is 19.4 Å². The number of pyridine rings is 1. The van der Waals surface area contributed by atoms with Crippen LogP contribution in [0.2, 0.25) is 0 Å². The fraction of sp³-hybridized carbons (Fsp3) is 0.588. The Balaban J connectivity index is 1.67. The summed E-state index contributed by atoms with van der Waals surface area (Å²) in [6, 6.07) is 2.99. The smallest absolute Gasteiger partial charge is 0.337 e. The van der Waals surface area contributed by atoms with Crippen LogP contribution in [0.3, 0.4) is 0 Å².